The fraction of sp³-hybridized carbons (Fsp3) is 0.867. The Morgan fingerprint density at radius 2 is 1.81 bits per heavy atom. The van der Waals surface area contributed by atoms with Crippen LogP contribution in [0.2, 0.25) is 0 Å². The number of likely N-dealkylation sites (N-methyl/N-ethyl adjacent to an activating group) is 1. The van der Waals surface area contributed by atoms with Crippen LogP contribution < -0.4 is 5.73 Å². The average Bonchev–Trinajstić information content (AvgIpc) is 2.95. The Morgan fingerprint density at radius 3 is 2.38 bits per heavy atom. The van der Waals surface area contributed by atoms with Crippen molar-refractivity contribution in [2.75, 3.05) is 53.4 Å². The fourth-order valence-corrected chi connectivity index (χ4v) is 3.34. The Balaban J connectivity index is 1.81. The summed E-state index contributed by atoms with van der Waals surface area (Å²) < 4.78 is 0. The van der Waals surface area contributed by atoms with E-state index >= 15 is 0 Å². The van der Waals surface area contributed by atoms with Crippen molar-refractivity contribution >= 4 is 11.8 Å². The van der Waals surface area contributed by atoms with Crippen molar-refractivity contribution in [1.82, 2.24) is 14.7 Å². The number of rotatable bonds is 4. The van der Waals surface area contributed by atoms with Crippen LogP contribution in [0.3, 0.4) is 0 Å². The van der Waals surface area contributed by atoms with E-state index in [1.54, 1.807) is 19.0 Å². The van der Waals surface area contributed by atoms with Gasteiger partial charge in [-0.05, 0) is 25.3 Å². The van der Waals surface area contributed by atoms with E-state index in [2.05, 4.69) is 4.90 Å². The molecule has 2 aliphatic rings. The molecule has 0 bridgehead atoms. The van der Waals surface area contributed by atoms with Crippen LogP contribution in [0.4, 0.5) is 0 Å². The summed E-state index contributed by atoms with van der Waals surface area (Å²) in [5.41, 5.74) is 5.78. The van der Waals surface area contributed by atoms with Crippen LogP contribution in [-0.4, -0.2) is 79.9 Å². The molecular weight excluding hydrogens is 268 g/mol. The molecule has 2 amide bonds. The predicted octanol–water partition coefficient (Wildman–Crippen LogP) is -0.406. The second-order valence-electron chi connectivity index (χ2n) is 6.42. The topological polar surface area (TPSA) is 69.9 Å². The van der Waals surface area contributed by atoms with E-state index in [1.807, 2.05) is 4.90 Å². The summed E-state index contributed by atoms with van der Waals surface area (Å²) in [5.74, 6) is 0.895. The third-order valence-corrected chi connectivity index (χ3v) is 4.82. The maximum Gasteiger partial charge on any atom is 0.236 e. The van der Waals surface area contributed by atoms with Crippen LogP contribution in [-0.2, 0) is 9.59 Å². The van der Waals surface area contributed by atoms with Gasteiger partial charge in [0.25, 0.3) is 0 Å². The maximum absolute atomic E-state index is 12.6. The number of carbonyl (C=O) groups is 2. The number of piperazine rings is 1. The van der Waals surface area contributed by atoms with Crippen LogP contribution in [0, 0.1) is 11.8 Å². The largest absolute Gasteiger partial charge is 0.348 e. The zero-order valence-corrected chi connectivity index (χ0v) is 13.3. The highest BCUT2D eigenvalue weighted by molar-refractivity contribution is 5.80. The molecule has 0 aromatic carbocycles. The summed E-state index contributed by atoms with van der Waals surface area (Å²) in [7, 11) is 3.55. The Hall–Kier alpha value is -1.14. The van der Waals surface area contributed by atoms with E-state index in [4.69, 9.17) is 5.73 Å². The van der Waals surface area contributed by atoms with Crippen LogP contribution in [0.5, 0.6) is 0 Å². The molecule has 2 unspecified atom stereocenters. The lowest BCUT2D eigenvalue weighted by Gasteiger charge is -2.36. The van der Waals surface area contributed by atoms with E-state index in [-0.39, 0.29) is 17.7 Å². The average molecular weight is 296 g/mol. The lowest BCUT2D eigenvalue weighted by Crippen LogP contribution is -2.52. The van der Waals surface area contributed by atoms with Crippen molar-refractivity contribution in [3.8, 4) is 0 Å². The third kappa shape index (κ3) is 3.95. The van der Waals surface area contributed by atoms with Gasteiger partial charge in [-0.3, -0.25) is 14.5 Å². The minimum absolute atomic E-state index is 0.119. The van der Waals surface area contributed by atoms with Crippen molar-refractivity contribution in [2.24, 2.45) is 17.6 Å². The molecule has 21 heavy (non-hydrogen) atoms. The Kier molecular flexibility index (Phi) is 5.58. The normalized spacial score (nSPS) is 26.9. The van der Waals surface area contributed by atoms with Gasteiger partial charge >= 0.3 is 0 Å². The minimum Gasteiger partial charge on any atom is -0.348 e. The van der Waals surface area contributed by atoms with Gasteiger partial charge in [-0.1, -0.05) is 6.42 Å². The Labute approximate surface area is 127 Å². The lowest BCUT2D eigenvalue weighted by molar-refractivity contribution is -0.139. The monoisotopic (exact) mass is 296 g/mol. The van der Waals surface area contributed by atoms with Crippen LogP contribution in [0.1, 0.15) is 19.3 Å². The van der Waals surface area contributed by atoms with E-state index in [0.717, 1.165) is 45.4 Å². The molecule has 2 fully saturated rings. The number of hydrogen-bond acceptors (Lipinski definition) is 4. The number of amides is 2. The molecule has 2 N–H and O–H groups in total. The van der Waals surface area contributed by atoms with E-state index < -0.39 is 0 Å². The van der Waals surface area contributed by atoms with E-state index in [1.165, 1.54) is 0 Å². The molecule has 2 atom stereocenters. The second-order valence-corrected chi connectivity index (χ2v) is 6.42. The van der Waals surface area contributed by atoms with Crippen LogP contribution >= 0.6 is 0 Å². The summed E-state index contributed by atoms with van der Waals surface area (Å²) in [6.45, 7) is 4.09. The van der Waals surface area contributed by atoms with Gasteiger partial charge in [0.1, 0.15) is 0 Å². The molecule has 1 saturated heterocycles. The third-order valence-electron chi connectivity index (χ3n) is 4.82. The van der Waals surface area contributed by atoms with Gasteiger partial charge in [0.15, 0.2) is 0 Å². The van der Waals surface area contributed by atoms with Gasteiger partial charge in [0.2, 0.25) is 11.8 Å². The SMILES string of the molecule is CN(C)C(=O)CN1CCN(C(=O)C2CCCC2CN)CC1. The fourth-order valence-electron chi connectivity index (χ4n) is 3.34. The molecule has 1 saturated carbocycles. The molecule has 2 rings (SSSR count). The standard InChI is InChI=1S/C15H28N4O2/c1-17(2)14(20)11-18-6-8-19(9-7-18)15(21)13-5-3-4-12(13)10-16/h12-13H,3-11,16H2,1-2H3. The molecule has 120 valence electrons. The van der Waals surface area contributed by atoms with Gasteiger partial charge in [0.05, 0.1) is 6.54 Å². The van der Waals surface area contributed by atoms with Crippen molar-refractivity contribution in [1.29, 1.82) is 0 Å². The summed E-state index contributed by atoms with van der Waals surface area (Å²) in [4.78, 5) is 30.0. The zero-order valence-electron chi connectivity index (χ0n) is 13.3. The van der Waals surface area contributed by atoms with Gasteiger partial charge < -0.3 is 15.5 Å². The summed E-state index contributed by atoms with van der Waals surface area (Å²) in [5, 5.41) is 0. The highest BCUT2D eigenvalue weighted by atomic mass is 16.2. The summed E-state index contributed by atoms with van der Waals surface area (Å²) in [6, 6.07) is 0. The number of nitrogens with two attached hydrogens (primary N) is 1. The van der Waals surface area contributed by atoms with E-state index in [0.29, 0.717) is 19.0 Å². The summed E-state index contributed by atoms with van der Waals surface area (Å²) in [6.07, 6.45) is 3.19. The molecule has 1 aliphatic carbocycles. The minimum atomic E-state index is 0.119. The number of nitrogens with zero attached hydrogens (tertiary/aromatic N) is 3. The smallest absolute Gasteiger partial charge is 0.236 e. The lowest BCUT2D eigenvalue weighted by atomic mass is 9.94. The quantitative estimate of drug-likeness (QED) is 0.766. The first-order chi connectivity index (χ1) is 10.0. The molecule has 0 aromatic rings. The maximum atomic E-state index is 12.6. The molecule has 0 radical (unpaired) electrons. The van der Waals surface area contributed by atoms with E-state index in [9.17, 15) is 9.59 Å². The first-order valence-corrected chi connectivity index (χ1v) is 7.94. The van der Waals surface area contributed by atoms with Crippen molar-refractivity contribution in [2.45, 2.75) is 19.3 Å². The highest BCUT2D eigenvalue weighted by Gasteiger charge is 2.35. The molecule has 0 spiro atoms. The van der Waals surface area contributed by atoms with Gasteiger partial charge in [-0.25, -0.2) is 0 Å². The second kappa shape index (κ2) is 7.22. The first-order valence-electron chi connectivity index (χ1n) is 7.94. The highest BCUT2D eigenvalue weighted by Crippen LogP contribution is 2.32. The number of hydrogen-bond donors (Lipinski definition) is 1. The first kappa shape index (κ1) is 16.2. The van der Waals surface area contributed by atoms with Gasteiger partial charge in [-0.2, -0.15) is 0 Å². The predicted molar refractivity (Wildman–Crippen MR) is 81.6 cm³/mol. The Bertz CT molecular complexity index is 378. The van der Waals surface area contributed by atoms with Crippen molar-refractivity contribution in [3.05, 3.63) is 0 Å². The Morgan fingerprint density at radius 1 is 1.14 bits per heavy atom. The van der Waals surface area contributed by atoms with Crippen LogP contribution in [0.25, 0.3) is 0 Å². The van der Waals surface area contributed by atoms with Crippen LogP contribution in [0.15, 0.2) is 0 Å². The van der Waals surface area contributed by atoms with Crippen molar-refractivity contribution in [3.63, 3.8) is 0 Å². The number of carbonyl (C=O) groups excluding carboxylic acids is 2. The molecular formula is C15H28N4O2. The molecule has 6 nitrogen and oxygen atoms in total. The molecule has 1 heterocycles. The zero-order chi connectivity index (χ0) is 15.4. The molecule has 6 heteroatoms. The van der Waals surface area contributed by atoms with Gasteiger partial charge in [0, 0.05) is 46.2 Å². The summed E-state index contributed by atoms with van der Waals surface area (Å²) >= 11 is 0. The van der Waals surface area contributed by atoms with Crippen molar-refractivity contribution < 1.29 is 9.59 Å². The molecule has 1 aliphatic heterocycles. The molecule has 0 aromatic heterocycles. The van der Waals surface area contributed by atoms with Gasteiger partial charge in [-0.15, -0.1) is 0 Å².